The molecule has 1 aliphatic rings. The molecule has 0 aromatic heterocycles. The second kappa shape index (κ2) is 7.49. The van der Waals surface area contributed by atoms with Crippen LogP contribution < -0.4 is 11.1 Å². The first-order valence-electron chi connectivity index (χ1n) is 6.77. The van der Waals surface area contributed by atoms with Gasteiger partial charge in [0, 0.05) is 6.54 Å². The molecule has 0 bridgehead atoms. The first-order chi connectivity index (χ1) is 8.13. The van der Waals surface area contributed by atoms with Gasteiger partial charge in [-0.2, -0.15) is 0 Å². The Morgan fingerprint density at radius 1 is 1.47 bits per heavy atom. The maximum Gasteiger partial charge on any atom is 0.237 e. The summed E-state index contributed by atoms with van der Waals surface area (Å²) in [6, 6.07) is -0.432. The Morgan fingerprint density at radius 3 is 2.71 bits per heavy atom. The molecule has 98 valence electrons. The molecule has 0 radical (unpaired) electrons. The molecular weight excluding hydrogens is 212 g/mol. The predicted octanol–water partition coefficient (Wildman–Crippen LogP) is 2.22. The molecule has 1 rings (SSSR count). The number of hydrogen-bond donors (Lipinski definition) is 2. The molecule has 17 heavy (non-hydrogen) atoms. The van der Waals surface area contributed by atoms with E-state index in [0.29, 0.717) is 6.42 Å². The van der Waals surface area contributed by atoms with Gasteiger partial charge in [0.05, 0.1) is 6.04 Å². The van der Waals surface area contributed by atoms with Crippen LogP contribution in [0, 0.1) is 11.8 Å². The molecule has 0 aliphatic heterocycles. The van der Waals surface area contributed by atoms with Gasteiger partial charge in [-0.05, 0) is 24.7 Å². The highest BCUT2D eigenvalue weighted by Gasteiger charge is 2.18. The van der Waals surface area contributed by atoms with Crippen molar-refractivity contribution >= 4 is 5.91 Å². The van der Waals surface area contributed by atoms with Crippen LogP contribution >= 0.6 is 0 Å². The summed E-state index contributed by atoms with van der Waals surface area (Å²) in [6.07, 6.45) is 8.65. The topological polar surface area (TPSA) is 55.1 Å². The lowest BCUT2D eigenvalue weighted by Crippen LogP contribution is -2.41. The van der Waals surface area contributed by atoms with Crippen LogP contribution in [0.25, 0.3) is 0 Å². The lowest BCUT2D eigenvalue weighted by Gasteiger charge is -2.26. The van der Waals surface area contributed by atoms with Crippen LogP contribution in [0.2, 0.25) is 0 Å². The average molecular weight is 238 g/mol. The van der Waals surface area contributed by atoms with Crippen molar-refractivity contribution in [2.75, 3.05) is 6.54 Å². The van der Waals surface area contributed by atoms with Gasteiger partial charge >= 0.3 is 0 Å². The molecule has 1 atom stereocenters. The first-order valence-corrected chi connectivity index (χ1v) is 6.77. The maximum absolute atomic E-state index is 11.5. The molecule has 1 amide bonds. The zero-order chi connectivity index (χ0) is 12.7. The molecule has 0 saturated heterocycles. The van der Waals surface area contributed by atoms with Gasteiger partial charge < -0.3 is 11.1 Å². The van der Waals surface area contributed by atoms with Gasteiger partial charge in [0.1, 0.15) is 0 Å². The SMILES string of the molecule is C=CCC(N)C(=O)NCCC1CCC(C)CC1. The molecule has 0 spiro atoms. The van der Waals surface area contributed by atoms with Gasteiger partial charge in [0.25, 0.3) is 0 Å². The second-order valence-electron chi connectivity index (χ2n) is 5.34. The van der Waals surface area contributed by atoms with Crippen molar-refractivity contribution in [3.05, 3.63) is 12.7 Å². The average Bonchev–Trinajstić information content (AvgIpc) is 2.32. The highest BCUT2D eigenvalue weighted by atomic mass is 16.2. The fourth-order valence-electron chi connectivity index (χ4n) is 2.43. The third-order valence-corrected chi connectivity index (χ3v) is 3.74. The molecule has 1 saturated carbocycles. The third kappa shape index (κ3) is 5.35. The van der Waals surface area contributed by atoms with Crippen molar-refractivity contribution < 1.29 is 4.79 Å². The van der Waals surface area contributed by atoms with E-state index in [1.165, 1.54) is 25.7 Å². The number of nitrogens with one attached hydrogen (secondary N) is 1. The molecule has 0 aromatic rings. The predicted molar refractivity (Wildman–Crippen MR) is 71.5 cm³/mol. The number of nitrogens with two attached hydrogens (primary N) is 1. The van der Waals surface area contributed by atoms with E-state index in [1.807, 2.05) is 0 Å². The van der Waals surface area contributed by atoms with Crippen LogP contribution in [0.1, 0.15) is 45.4 Å². The minimum Gasteiger partial charge on any atom is -0.355 e. The van der Waals surface area contributed by atoms with Crippen LogP contribution in [-0.4, -0.2) is 18.5 Å². The van der Waals surface area contributed by atoms with Gasteiger partial charge in [-0.1, -0.05) is 38.7 Å². The van der Waals surface area contributed by atoms with Crippen LogP contribution in [0.15, 0.2) is 12.7 Å². The fourth-order valence-corrected chi connectivity index (χ4v) is 2.43. The third-order valence-electron chi connectivity index (χ3n) is 3.74. The van der Waals surface area contributed by atoms with E-state index in [-0.39, 0.29) is 5.91 Å². The minimum atomic E-state index is -0.432. The Labute approximate surface area is 105 Å². The molecule has 1 unspecified atom stereocenters. The van der Waals surface area contributed by atoms with E-state index in [4.69, 9.17) is 5.73 Å². The standard InChI is InChI=1S/C14H26N2O/c1-3-4-13(15)14(17)16-10-9-12-7-5-11(2)6-8-12/h3,11-13H,1,4-10,15H2,2H3,(H,16,17). The van der Waals surface area contributed by atoms with Crippen molar-refractivity contribution in [3.63, 3.8) is 0 Å². The summed E-state index contributed by atoms with van der Waals surface area (Å²) in [5.41, 5.74) is 5.68. The van der Waals surface area contributed by atoms with Crippen molar-refractivity contribution in [1.82, 2.24) is 5.32 Å². The Balaban J connectivity index is 2.11. The number of hydrogen-bond acceptors (Lipinski definition) is 2. The van der Waals surface area contributed by atoms with Crippen molar-refractivity contribution in [3.8, 4) is 0 Å². The molecule has 3 N–H and O–H groups in total. The Hall–Kier alpha value is -0.830. The van der Waals surface area contributed by atoms with E-state index in [2.05, 4.69) is 18.8 Å². The van der Waals surface area contributed by atoms with Crippen LogP contribution in [-0.2, 0) is 4.79 Å². The van der Waals surface area contributed by atoms with Crippen molar-refractivity contribution in [1.29, 1.82) is 0 Å². The lowest BCUT2D eigenvalue weighted by atomic mass is 9.81. The number of amides is 1. The van der Waals surface area contributed by atoms with Crippen LogP contribution in [0.5, 0.6) is 0 Å². The summed E-state index contributed by atoms with van der Waals surface area (Å²) < 4.78 is 0. The van der Waals surface area contributed by atoms with E-state index in [0.717, 1.165) is 24.8 Å². The quantitative estimate of drug-likeness (QED) is 0.697. The second-order valence-corrected chi connectivity index (χ2v) is 5.34. The zero-order valence-corrected chi connectivity index (χ0v) is 11.0. The zero-order valence-electron chi connectivity index (χ0n) is 11.0. The van der Waals surface area contributed by atoms with Gasteiger partial charge in [0.2, 0.25) is 5.91 Å². The summed E-state index contributed by atoms with van der Waals surface area (Å²) in [4.78, 5) is 11.5. The number of carbonyl (C=O) groups is 1. The van der Waals surface area contributed by atoms with Gasteiger partial charge in [0.15, 0.2) is 0 Å². The maximum atomic E-state index is 11.5. The minimum absolute atomic E-state index is 0.0472. The van der Waals surface area contributed by atoms with E-state index in [1.54, 1.807) is 6.08 Å². The number of carbonyl (C=O) groups excluding carboxylic acids is 1. The summed E-state index contributed by atoms with van der Waals surface area (Å²) in [5, 5.41) is 2.91. The molecule has 1 fully saturated rings. The van der Waals surface area contributed by atoms with Gasteiger partial charge in [-0.3, -0.25) is 4.79 Å². The van der Waals surface area contributed by atoms with E-state index in [9.17, 15) is 4.79 Å². The first kappa shape index (κ1) is 14.2. The Morgan fingerprint density at radius 2 is 2.12 bits per heavy atom. The monoisotopic (exact) mass is 238 g/mol. The van der Waals surface area contributed by atoms with Gasteiger partial charge in [-0.25, -0.2) is 0 Å². The van der Waals surface area contributed by atoms with E-state index >= 15 is 0 Å². The summed E-state index contributed by atoms with van der Waals surface area (Å²) in [6.45, 7) is 6.68. The smallest absolute Gasteiger partial charge is 0.237 e. The highest BCUT2D eigenvalue weighted by molar-refractivity contribution is 5.81. The van der Waals surface area contributed by atoms with Crippen LogP contribution in [0.3, 0.4) is 0 Å². The van der Waals surface area contributed by atoms with E-state index < -0.39 is 6.04 Å². The fraction of sp³-hybridized carbons (Fsp3) is 0.786. The number of rotatable bonds is 6. The molecule has 0 heterocycles. The molecule has 0 aromatic carbocycles. The normalized spacial score (nSPS) is 26.2. The lowest BCUT2D eigenvalue weighted by molar-refractivity contribution is -0.122. The highest BCUT2D eigenvalue weighted by Crippen LogP contribution is 2.29. The summed E-state index contributed by atoms with van der Waals surface area (Å²) in [5.74, 6) is 1.64. The summed E-state index contributed by atoms with van der Waals surface area (Å²) in [7, 11) is 0. The molecular formula is C14H26N2O. The van der Waals surface area contributed by atoms with Crippen molar-refractivity contribution in [2.24, 2.45) is 17.6 Å². The molecule has 3 heteroatoms. The largest absolute Gasteiger partial charge is 0.355 e. The van der Waals surface area contributed by atoms with Gasteiger partial charge in [-0.15, -0.1) is 6.58 Å². The summed E-state index contributed by atoms with van der Waals surface area (Å²) >= 11 is 0. The molecule has 1 aliphatic carbocycles. The Bertz CT molecular complexity index is 245. The van der Waals surface area contributed by atoms with Crippen molar-refractivity contribution in [2.45, 2.75) is 51.5 Å². The molecule has 3 nitrogen and oxygen atoms in total. The Kier molecular flexibility index (Phi) is 6.27. The van der Waals surface area contributed by atoms with Crippen LogP contribution in [0.4, 0.5) is 0 Å².